The van der Waals surface area contributed by atoms with Gasteiger partial charge in [-0.3, -0.25) is 4.90 Å². The van der Waals surface area contributed by atoms with E-state index >= 15 is 0 Å². The molecule has 1 aromatic carbocycles. The molecule has 1 saturated heterocycles. The van der Waals surface area contributed by atoms with E-state index in [1.807, 2.05) is 0 Å². The summed E-state index contributed by atoms with van der Waals surface area (Å²) in [4.78, 5) is 15.1. The molecule has 0 unspecified atom stereocenters. The number of benzene rings is 1. The van der Waals surface area contributed by atoms with Gasteiger partial charge in [0.2, 0.25) is 0 Å². The monoisotopic (exact) mass is 391 g/mol. The minimum absolute atomic E-state index is 0.0251. The van der Waals surface area contributed by atoms with E-state index in [2.05, 4.69) is 36.1 Å². The number of aryl methyl sites for hydroxylation is 1. The molecule has 0 amide bonds. The van der Waals surface area contributed by atoms with Crippen LogP contribution in [0.4, 0.5) is 0 Å². The van der Waals surface area contributed by atoms with Crippen LogP contribution in [-0.2, 0) is 21.4 Å². The maximum atomic E-state index is 12.3. The molecule has 29 heavy (non-hydrogen) atoms. The summed E-state index contributed by atoms with van der Waals surface area (Å²) in [5.41, 5.74) is 3.42. The maximum absolute atomic E-state index is 12.3. The van der Waals surface area contributed by atoms with Crippen molar-refractivity contribution in [2.75, 3.05) is 20.2 Å². The second kappa shape index (κ2) is 5.15. The number of methoxy groups -OCH3 is 1. The van der Waals surface area contributed by atoms with Crippen molar-refractivity contribution in [1.82, 2.24) is 4.90 Å². The van der Waals surface area contributed by atoms with Gasteiger partial charge in [-0.2, -0.15) is 0 Å². The first-order chi connectivity index (χ1) is 14.1. The molecule has 8 rings (SSSR count). The number of ether oxygens (including phenoxy) is 2. The highest BCUT2D eigenvalue weighted by molar-refractivity contribution is 5.68. The SMILES string of the molecule is CO[C@]12C=C[C@@]3(C[C@@H]1C=O)[C@H]1Cc4ccc(C)c5c4[C@@]3(CCN1CC1CC1)[C@H]2O5. The summed E-state index contributed by atoms with van der Waals surface area (Å²) in [7, 11) is 1.76. The maximum Gasteiger partial charge on any atom is 0.143 e. The molecule has 2 spiro atoms. The first-order valence-electron chi connectivity index (χ1n) is 11.3. The topological polar surface area (TPSA) is 38.8 Å². The van der Waals surface area contributed by atoms with Crippen molar-refractivity contribution in [3.8, 4) is 5.75 Å². The van der Waals surface area contributed by atoms with Crippen molar-refractivity contribution in [1.29, 1.82) is 0 Å². The van der Waals surface area contributed by atoms with Gasteiger partial charge < -0.3 is 14.3 Å². The Hall–Kier alpha value is -1.65. The molecule has 2 aliphatic heterocycles. The van der Waals surface area contributed by atoms with Crippen LogP contribution in [0.2, 0.25) is 0 Å². The third kappa shape index (κ3) is 1.68. The number of hydrogen-bond donors (Lipinski definition) is 0. The zero-order valence-electron chi connectivity index (χ0n) is 17.3. The third-order valence-corrected chi connectivity index (χ3v) is 9.54. The average molecular weight is 392 g/mol. The van der Waals surface area contributed by atoms with Crippen LogP contribution in [0, 0.1) is 24.2 Å². The number of carbonyl (C=O) groups is 1. The second-order valence-electron chi connectivity index (χ2n) is 10.5. The highest BCUT2D eigenvalue weighted by Crippen LogP contribution is 2.74. The van der Waals surface area contributed by atoms with Crippen molar-refractivity contribution in [2.45, 2.75) is 62.2 Å². The predicted molar refractivity (Wildman–Crippen MR) is 109 cm³/mol. The van der Waals surface area contributed by atoms with Crippen LogP contribution in [-0.4, -0.2) is 49.1 Å². The van der Waals surface area contributed by atoms with E-state index < -0.39 is 5.60 Å². The average Bonchev–Trinajstić information content (AvgIpc) is 3.48. The fraction of sp³-hybridized carbons (Fsp3) is 0.640. The second-order valence-corrected chi connectivity index (χ2v) is 10.5. The summed E-state index contributed by atoms with van der Waals surface area (Å²) in [5.74, 6) is 1.82. The highest BCUT2D eigenvalue weighted by atomic mass is 16.6. The predicted octanol–water partition coefficient (Wildman–Crippen LogP) is 3.19. The van der Waals surface area contributed by atoms with Gasteiger partial charge in [0, 0.05) is 30.7 Å². The van der Waals surface area contributed by atoms with Crippen LogP contribution >= 0.6 is 0 Å². The van der Waals surface area contributed by atoms with Gasteiger partial charge in [0.05, 0.1) is 11.3 Å². The van der Waals surface area contributed by atoms with E-state index in [0.29, 0.717) is 6.04 Å². The summed E-state index contributed by atoms with van der Waals surface area (Å²) in [6.07, 6.45) is 11.6. The number of nitrogens with zero attached hydrogens (tertiary/aromatic N) is 1. The molecule has 5 aliphatic carbocycles. The van der Waals surface area contributed by atoms with Crippen LogP contribution in [0.15, 0.2) is 24.3 Å². The van der Waals surface area contributed by atoms with E-state index in [9.17, 15) is 4.79 Å². The Morgan fingerprint density at radius 2 is 2.17 bits per heavy atom. The molecule has 3 fully saturated rings. The lowest BCUT2D eigenvalue weighted by atomic mass is 9.37. The number of hydrogen-bond acceptors (Lipinski definition) is 4. The number of rotatable bonds is 4. The molecular formula is C25H29NO3. The molecule has 1 aromatic rings. The van der Waals surface area contributed by atoms with Crippen molar-refractivity contribution >= 4 is 6.29 Å². The van der Waals surface area contributed by atoms with Gasteiger partial charge in [-0.15, -0.1) is 0 Å². The fourth-order valence-corrected chi connectivity index (χ4v) is 8.13. The van der Waals surface area contributed by atoms with Crippen LogP contribution in [0.5, 0.6) is 5.75 Å². The normalized spacial score (nSPS) is 45.8. The lowest BCUT2D eigenvalue weighted by molar-refractivity contribution is -0.211. The van der Waals surface area contributed by atoms with E-state index in [4.69, 9.17) is 9.47 Å². The van der Waals surface area contributed by atoms with Gasteiger partial charge in [-0.1, -0.05) is 24.3 Å². The summed E-state index contributed by atoms with van der Waals surface area (Å²) in [6.45, 7) is 4.52. The minimum atomic E-state index is -0.646. The van der Waals surface area contributed by atoms with Gasteiger partial charge >= 0.3 is 0 Å². The lowest BCUT2D eigenvalue weighted by Crippen LogP contribution is -2.79. The van der Waals surface area contributed by atoms with Crippen molar-refractivity contribution in [3.63, 3.8) is 0 Å². The number of carbonyl (C=O) groups excluding carboxylic acids is 1. The first kappa shape index (κ1) is 17.1. The molecule has 2 heterocycles. The summed E-state index contributed by atoms with van der Waals surface area (Å²) >= 11 is 0. The van der Waals surface area contributed by atoms with Crippen molar-refractivity contribution < 1.29 is 14.3 Å². The van der Waals surface area contributed by atoms with Crippen LogP contribution in [0.3, 0.4) is 0 Å². The smallest absolute Gasteiger partial charge is 0.143 e. The molecule has 0 radical (unpaired) electrons. The lowest BCUT2D eigenvalue weighted by Gasteiger charge is -2.70. The fourth-order valence-electron chi connectivity index (χ4n) is 8.13. The van der Waals surface area contributed by atoms with Crippen molar-refractivity contribution in [3.05, 3.63) is 41.0 Å². The zero-order valence-corrected chi connectivity index (χ0v) is 17.3. The quantitative estimate of drug-likeness (QED) is 0.584. The van der Waals surface area contributed by atoms with Gasteiger partial charge in [0.1, 0.15) is 23.7 Å². The molecular weight excluding hydrogens is 362 g/mol. The molecule has 7 aliphatic rings. The van der Waals surface area contributed by atoms with Gasteiger partial charge in [-0.25, -0.2) is 0 Å². The standard InChI is InChI=1S/C25H29NO3/c1-15-3-6-17-11-19-23-7-8-25(28-2,18(12-23)14-27)22-24(23,20(17)21(15)29-22)9-10-26(19)13-16-4-5-16/h3,6-8,14,16,18-19,22H,4-5,9-13H2,1-2H3/t18-,19-,22-,23-,24+,25-/m1/s1. The van der Waals surface area contributed by atoms with E-state index in [0.717, 1.165) is 43.8 Å². The Balaban J connectivity index is 1.52. The number of likely N-dealkylation sites (tertiary alicyclic amines) is 1. The van der Waals surface area contributed by atoms with Gasteiger partial charge in [0.25, 0.3) is 0 Å². The summed E-state index contributed by atoms with van der Waals surface area (Å²) in [5, 5.41) is 0. The first-order valence-corrected chi connectivity index (χ1v) is 11.3. The van der Waals surface area contributed by atoms with Crippen LogP contribution < -0.4 is 4.74 Å². The molecule has 0 aromatic heterocycles. The molecule has 4 nitrogen and oxygen atoms in total. The third-order valence-electron chi connectivity index (χ3n) is 9.54. The van der Waals surface area contributed by atoms with E-state index in [-0.39, 0.29) is 22.9 Å². The Morgan fingerprint density at radius 3 is 2.93 bits per heavy atom. The molecule has 152 valence electrons. The molecule has 6 atom stereocenters. The zero-order chi connectivity index (χ0) is 19.6. The Kier molecular flexibility index (Phi) is 3.03. The van der Waals surface area contributed by atoms with Gasteiger partial charge in [-0.05, 0) is 62.6 Å². The Labute approximate surface area is 172 Å². The van der Waals surface area contributed by atoms with Crippen molar-refractivity contribution in [2.24, 2.45) is 17.3 Å². The summed E-state index contributed by atoms with van der Waals surface area (Å²) < 4.78 is 13.0. The van der Waals surface area contributed by atoms with Gasteiger partial charge in [0.15, 0.2) is 0 Å². The number of aldehydes is 1. The number of piperidine rings is 1. The number of fused-ring (bicyclic) bond motifs is 1. The van der Waals surface area contributed by atoms with Crippen LogP contribution in [0.1, 0.15) is 42.4 Å². The minimum Gasteiger partial charge on any atom is -0.485 e. The van der Waals surface area contributed by atoms with E-state index in [1.54, 1.807) is 7.11 Å². The highest BCUT2D eigenvalue weighted by Gasteiger charge is 2.79. The largest absolute Gasteiger partial charge is 0.485 e. The van der Waals surface area contributed by atoms with Crippen LogP contribution in [0.25, 0.3) is 0 Å². The molecule has 2 saturated carbocycles. The molecule has 4 bridgehead atoms. The van der Waals surface area contributed by atoms with E-state index in [1.165, 1.54) is 36.1 Å². The molecule has 0 N–H and O–H groups in total. The molecule has 4 heteroatoms. The summed E-state index contributed by atoms with van der Waals surface area (Å²) in [6, 6.07) is 5.04. The Bertz CT molecular complexity index is 967. The Morgan fingerprint density at radius 1 is 1.31 bits per heavy atom.